The first-order valence-electron chi connectivity index (χ1n) is 8.89. The highest BCUT2D eigenvalue weighted by Crippen LogP contribution is 2.19. The van der Waals surface area contributed by atoms with Crippen molar-refractivity contribution in [3.8, 4) is 11.5 Å². The number of hydrogen-bond donors (Lipinski definition) is 2. The summed E-state index contributed by atoms with van der Waals surface area (Å²) in [7, 11) is 0. The molecule has 0 spiro atoms. The molecule has 28 heavy (non-hydrogen) atoms. The largest absolute Gasteiger partial charge is 0.489 e. The molecule has 0 radical (unpaired) electrons. The summed E-state index contributed by atoms with van der Waals surface area (Å²) in [4.78, 5) is 24.3. The van der Waals surface area contributed by atoms with Gasteiger partial charge in [0.2, 0.25) is 0 Å². The van der Waals surface area contributed by atoms with E-state index in [1.165, 1.54) is 0 Å². The van der Waals surface area contributed by atoms with E-state index in [1.54, 1.807) is 60.7 Å². The highest BCUT2D eigenvalue weighted by atomic mass is 16.5. The number of benzene rings is 2. The highest BCUT2D eigenvalue weighted by Gasteiger charge is 2.13. The molecule has 0 saturated carbocycles. The fraction of sp³-hybridized carbons (Fsp3) is 0.182. The third kappa shape index (κ3) is 6.02. The summed E-state index contributed by atoms with van der Waals surface area (Å²) in [6.45, 7) is 8.34. The van der Waals surface area contributed by atoms with Gasteiger partial charge in [-0.2, -0.15) is 0 Å². The van der Waals surface area contributed by atoms with Crippen LogP contribution in [-0.2, 0) is 0 Å². The molecule has 2 N–H and O–H groups in total. The average Bonchev–Trinajstić information content (AvgIpc) is 2.73. The van der Waals surface area contributed by atoms with E-state index in [1.807, 2.05) is 0 Å². The van der Waals surface area contributed by atoms with Crippen LogP contribution in [0.4, 0.5) is 0 Å². The van der Waals surface area contributed by atoms with Crippen molar-refractivity contribution in [1.29, 1.82) is 0 Å². The number of nitrogens with one attached hydrogen (secondary N) is 2. The van der Waals surface area contributed by atoms with Gasteiger partial charge >= 0.3 is 0 Å². The Labute approximate surface area is 164 Å². The zero-order valence-corrected chi connectivity index (χ0v) is 15.6. The number of carbonyl (C=O) groups is 2. The van der Waals surface area contributed by atoms with Gasteiger partial charge in [-0.15, -0.1) is 13.2 Å². The first-order chi connectivity index (χ1) is 13.7. The lowest BCUT2D eigenvalue weighted by molar-refractivity contribution is 0.0941. The van der Waals surface area contributed by atoms with E-state index in [0.29, 0.717) is 35.7 Å². The quantitative estimate of drug-likeness (QED) is 0.464. The molecule has 2 aromatic rings. The van der Waals surface area contributed by atoms with Gasteiger partial charge in [-0.05, 0) is 24.3 Å². The molecular formula is C22H24N2O4. The van der Waals surface area contributed by atoms with Crippen molar-refractivity contribution in [3.63, 3.8) is 0 Å². The molecule has 146 valence electrons. The molecule has 2 aromatic carbocycles. The van der Waals surface area contributed by atoms with Crippen LogP contribution < -0.4 is 20.1 Å². The number of ether oxygens (including phenoxy) is 2. The summed E-state index contributed by atoms with van der Waals surface area (Å²) >= 11 is 0. The highest BCUT2D eigenvalue weighted by molar-refractivity contribution is 5.97. The van der Waals surface area contributed by atoms with Crippen LogP contribution in [0.15, 0.2) is 73.8 Å². The number of hydrogen-bond acceptors (Lipinski definition) is 4. The number of para-hydroxylation sites is 2. The van der Waals surface area contributed by atoms with Gasteiger partial charge in [0.15, 0.2) is 0 Å². The summed E-state index contributed by atoms with van der Waals surface area (Å²) < 4.78 is 11.4. The lowest BCUT2D eigenvalue weighted by Gasteiger charge is -2.13. The Morgan fingerprint density at radius 3 is 1.54 bits per heavy atom. The first kappa shape index (κ1) is 20.8. The maximum atomic E-state index is 12.2. The van der Waals surface area contributed by atoms with Crippen molar-refractivity contribution in [3.05, 3.63) is 85.0 Å². The molecule has 0 bridgehead atoms. The minimum Gasteiger partial charge on any atom is -0.489 e. The molecule has 0 aromatic heterocycles. The Hall–Kier alpha value is -3.54. The van der Waals surface area contributed by atoms with Crippen molar-refractivity contribution in [1.82, 2.24) is 10.6 Å². The van der Waals surface area contributed by atoms with Gasteiger partial charge in [-0.25, -0.2) is 0 Å². The topological polar surface area (TPSA) is 76.7 Å². The van der Waals surface area contributed by atoms with E-state index < -0.39 is 0 Å². The Morgan fingerprint density at radius 2 is 1.14 bits per heavy atom. The van der Waals surface area contributed by atoms with E-state index >= 15 is 0 Å². The van der Waals surface area contributed by atoms with Crippen LogP contribution in [0.3, 0.4) is 0 Å². The van der Waals surface area contributed by atoms with Gasteiger partial charge in [0.25, 0.3) is 11.8 Å². The molecule has 0 aliphatic heterocycles. The number of rotatable bonds is 11. The number of carbonyl (C=O) groups excluding carboxylic acids is 2. The maximum absolute atomic E-state index is 12.2. The SMILES string of the molecule is C=CCNC(=O)c1ccccc1OCCOc1ccccc1C(=O)NCC=C. The van der Waals surface area contributed by atoms with E-state index in [2.05, 4.69) is 23.8 Å². The molecule has 0 unspecified atom stereocenters. The van der Waals surface area contributed by atoms with Crippen molar-refractivity contribution in [2.45, 2.75) is 0 Å². The molecule has 0 heterocycles. The molecule has 2 amide bonds. The molecule has 2 rings (SSSR count). The van der Waals surface area contributed by atoms with E-state index in [9.17, 15) is 9.59 Å². The molecule has 0 saturated heterocycles. The van der Waals surface area contributed by atoms with Gasteiger partial charge in [0.05, 0.1) is 11.1 Å². The minimum absolute atomic E-state index is 0.217. The maximum Gasteiger partial charge on any atom is 0.255 e. The third-order valence-electron chi connectivity index (χ3n) is 3.68. The fourth-order valence-electron chi connectivity index (χ4n) is 2.38. The molecular weight excluding hydrogens is 356 g/mol. The Kier molecular flexibility index (Phi) is 8.33. The van der Waals surface area contributed by atoms with Crippen LogP contribution in [0.1, 0.15) is 20.7 Å². The van der Waals surface area contributed by atoms with Gasteiger partial charge < -0.3 is 20.1 Å². The summed E-state index contributed by atoms with van der Waals surface area (Å²) in [5.74, 6) is 0.454. The second-order valence-corrected chi connectivity index (χ2v) is 5.69. The fourth-order valence-corrected chi connectivity index (χ4v) is 2.38. The first-order valence-corrected chi connectivity index (χ1v) is 8.89. The van der Waals surface area contributed by atoms with Crippen LogP contribution in [0.2, 0.25) is 0 Å². The summed E-state index contributed by atoms with van der Waals surface area (Å²) in [5, 5.41) is 5.44. The van der Waals surface area contributed by atoms with Crippen molar-refractivity contribution >= 4 is 11.8 Å². The smallest absolute Gasteiger partial charge is 0.255 e. The summed E-state index contributed by atoms with van der Waals surface area (Å²) in [6.07, 6.45) is 3.22. The third-order valence-corrected chi connectivity index (χ3v) is 3.68. The van der Waals surface area contributed by atoms with Crippen molar-refractivity contribution < 1.29 is 19.1 Å². The monoisotopic (exact) mass is 380 g/mol. The second-order valence-electron chi connectivity index (χ2n) is 5.69. The summed E-state index contributed by atoms with van der Waals surface area (Å²) in [6, 6.07) is 13.9. The predicted octanol–water partition coefficient (Wildman–Crippen LogP) is 2.98. The minimum atomic E-state index is -0.236. The average molecular weight is 380 g/mol. The molecule has 0 aliphatic rings. The molecule has 0 atom stereocenters. The number of amides is 2. The van der Waals surface area contributed by atoms with E-state index in [-0.39, 0.29) is 25.0 Å². The van der Waals surface area contributed by atoms with Gasteiger partial charge in [0, 0.05) is 13.1 Å². The standard InChI is InChI=1S/C22H24N2O4/c1-3-13-23-21(25)17-9-5-7-11-19(17)27-15-16-28-20-12-8-6-10-18(20)22(26)24-14-4-2/h3-12H,1-2,13-16H2,(H,23,25)(H,24,26). The van der Waals surface area contributed by atoms with E-state index in [0.717, 1.165) is 0 Å². The normalized spacial score (nSPS) is 9.86. The van der Waals surface area contributed by atoms with E-state index in [4.69, 9.17) is 9.47 Å². The zero-order chi connectivity index (χ0) is 20.2. The summed E-state index contributed by atoms with van der Waals surface area (Å²) in [5.41, 5.74) is 0.877. The van der Waals surface area contributed by atoms with Crippen LogP contribution in [0.25, 0.3) is 0 Å². The van der Waals surface area contributed by atoms with Crippen LogP contribution in [0.5, 0.6) is 11.5 Å². The van der Waals surface area contributed by atoms with Crippen LogP contribution >= 0.6 is 0 Å². The Morgan fingerprint density at radius 1 is 0.750 bits per heavy atom. The van der Waals surface area contributed by atoms with Crippen molar-refractivity contribution in [2.75, 3.05) is 26.3 Å². The lowest BCUT2D eigenvalue weighted by atomic mass is 10.2. The molecule has 0 aliphatic carbocycles. The molecule has 0 fully saturated rings. The lowest BCUT2D eigenvalue weighted by Crippen LogP contribution is -2.24. The van der Waals surface area contributed by atoms with Gasteiger partial charge in [-0.3, -0.25) is 9.59 Å². The Balaban J connectivity index is 1.94. The predicted molar refractivity (Wildman–Crippen MR) is 109 cm³/mol. The van der Waals surface area contributed by atoms with Gasteiger partial charge in [0.1, 0.15) is 24.7 Å². The molecule has 6 heteroatoms. The molecule has 6 nitrogen and oxygen atoms in total. The van der Waals surface area contributed by atoms with Crippen LogP contribution in [0, 0.1) is 0 Å². The van der Waals surface area contributed by atoms with Crippen molar-refractivity contribution in [2.24, 2.45) is 0 Å². The zero-order valence-electron chi connectivity index (χ0n) is 15.6. The second kappa shape index (κ2) is 11.2. The van der Waals surface area contributed by atoms with Gasteiger partial charge in [-0.1, -0.05) is 36.4 Å². The Bertz CT molecular complexity index is 763. The van der Waals surface area contributed by atoms with Crippen LogP contribution in [-0.4, -0.2) is 38.1 Å².